The summed E-state index contributed by atoms with van der Waals surface area (Å²) in [5, 5.41) is 6.95. The molecule has 0 bridgehead atoms. The molecule has 0 atom stereocenters. The normalized spacial score (nSPS) is 10.9. The number of halogens is 1. The third-order valence-corrected chi connectivity index (χ3v) is 4.64. The first-order valence-corrected chi connectivity index (χ1v) is 9.48. The van der Waals surface area contributed by atoms with Crippen molar-refractivity contribution < 1.29 is 9.13 Å². The largest absolute Gasteiger partial charge is 0.457 e. The number of nitrogens with zero attached hydrogens (tertiary/aromatic N) is 2. The molecule has 0 radical (unpaired) electrons. The summed E-state index contributed by atoms with van der Waals surface area (Å²) in [4.78, 5) is 4.54. The zero-order valence-electron chi connectivity index (χ0n) is 14.7. The molecule has 0 saturated heterocycles. The molecule has 4 aromatic rings. The van der Waals surface area contributed by atoms with Crippen LogP contribution in [0.15, 0.2) is 89.3 Å². The SMILES string of the molecule is Fc1ccc(Oc2ccccc2C=NNc2nc(-c3ccccc3)cs2)cc1. The van der Waals surface area contributed by atoms with Crippen LogP contribution >= 0.6 is 11.3 Å². The Morgan fingerprint density at radius 1 is 0.929 bits per heavy atom. The van der Waals surface area contributed by atoms with Gasteiger partial charge in [0.2, 0.25) is 5.13 Å². The highest BCUT2D eigenvalue weighted by molar-refractivity contribution is 7.14. The number of hydrogen-bond donors (Lipinski definition) is 1. The zero-order chi connectivity index (χ0) is 19.2. The van der Waals surface area contributed by atoms with Crippen LogP contribution in [0.25, 0.3) is 11.3 Å². The van der Waals surface area contributed by atoms with Gasteiger partial charge in [-0.15, -0.1) is 11.3 Å². The number of aromatic nitrogens is 1. The standard InChI is InChI=1S/C22H16FN3OS/c23-18-10-12-19(13-11-18)27-21-9-5-4-8-17(21)14-24-26-22-25-20(15-28-22)16-6-2-1-3-7-16/h1-15H,(H,25,26). The zero-order valence-corrected chi connectivity index (χ0v) is 15.6. The number of nitrogens with one attached hydrogen (secondary N) is 1. The number of anilines is 1. The molecule has 0 amide bonds. The molecule has 0 saturated carbocycles. The van der Waals surface area contributed by atoms with Crippen LogP contribution in [0.1, 0.15) is 5.56 Å². The van der Waals surface area contributed by atoms with E-state index in [1.165, 1.54) is 23.5 Å². The van der Waals surface area contributed by atoms with Crippen molar-refractivity contribution in [2.45, 2.75) is 0 Å². The molecule has 6 heteroatoms. The Bertz CT molecular complexity index is 1080. The second-order valence-corrected chi connectivity index (χ2v) is 6.73. The summed E-state index contributed by atoms with van der Waals surface area (Å²) in [5.74, 6) is 0.885. The van der Waals surface area contributed by atoms with Crippen LogP contribution in [0.4, 0.5) is 9.52 Å². The van der Waals surface area contributed by atoms with Crippen molar-refractivity contribution in [2.75, 3.05) is 5.43 Å². The van der Waals surface area contributed by atoms with Gasteiger partial charge in [0.1, 0.15) is 17.3 Å². The Balaban J connectivity index is 1.45. The molecule has 1 heterocycles. The molecular formula is C22H16FN3OS. The summed E-state index contributed by atoms with van der Waals surface area (Å²) >= 11 is 1.48. The Hall–Kier alpha value is -3.51. The lowest BCUT2D eigenvalue weighted by molar-refractivity contribution is 0.480. The second kappa shape index (κ2) is 8.45. The highest BCUT2D eigenvalue weighted by Crippen LogP contribution is 2.26. The summed E-state index contributed by atoms with van der Waals surface area (Å²) in [6.07, 6.45) is 1.67. The molecule has 3 aromatic carbocycles. The van der Waals surface area contributed by atoms with Crippen LogP contribution < -0.4 is 10.2 Å². The van der Waals surface area contributed by atoms with E-state index in [1.54, 1.807) is 18.3 Å². The fourth-order valence-electron chi connectivity index (χ4n) is 2.53. The number of ether oxygens (including phenoxy) is 1. The van der Waals surface area contributed by atoms with E-state index in [0.29, 0.717) is 16.6 Å². The van der Waals surface area contributed by atoms with E-state index in [0.717, 1.165) is 16.8 Å². The van der Waals surface area contributed by atoms with E-state index >= 15 is 0 Å². The summed E-state index contributed by atoms with van der Waals surface area (Å²) in [6, 6.07) is 23.4. The predicted molar refractivity (Wildman–Crippen MR) is 112 cm³/mol. The minimum absolute atomic E-state index is 0.301. The third kappa shape index (κ3) is 4.42. The first-order chi connectivity index (χ1) is 13.8. The van der Waals surface area contributed by atoms with E-state index in [1.807, 2.05) is 60.0 Å². The van der Waals surface area contributed by atoms with Gasteiger partial charge in [0, 0.05) is 16.5 Å². The van der Waals surface area contributed by atoms with Crippen LogP contribution in [0, 0.1) is 5.82 Å². The van der Waals surface area contributed by atoms with Crippen molar-refractivity contribution in [3.8, 4) is 22.8 Å². The maximum absolute atomic E-state index is 13.1. The van der Waals surface area contributed by atoms with Gasteiger partial charge >= 0.3 is 0 Å². The van der Waals surface area contributed by atoms with Crippen LogP contribution in [0.3, 0.4) is 0 Å². The van der Waals surface area contributed by atoms with Crippen molar-refractivity contribution in [1.29, 1.82) is 0 Å². The summed E-state index contributed by atoms with van der Waals surface area (Å²) in [7, 11) is 0. The molecule has 28 heavy (non-hydrogen) atoms. The Morgan fingerprint density at radius 3 is 2.50 bits per heavy atom. The van der Waals surface area contributed by atoms with Gasteiger partial charge in [0.15, 0.2) is 0 Å². The number of hydrogen-bond acceptors (Lipinski definition) is 5. The predicted octanol–water partition coefficient (Wildman–Crippen LogP) is 6.19. The van der Waals surface area contributed by atoms with Gasteiger partial charge < -0.3 is 4.74 Å². The molecule has 4 rings (SSSR count). The van der Waals surface area contributed by atoms with Gasteiger partial charge in [0.25, 0.3) is 0 Å². The van der Waals surface area contributed by atoms with Crippen LogP contribution in [-0.4, -0.2) is 11.2 Å². The Kier molecular flexibility index (Phi) is 5.40. The van der Waals surface area contributed by atoms with Gasteiger partial charge in [0.05, 0.1) is 11.9 Å². The van der Waals surface area contributed by atoms with Gasteiger partial charge in [-0.05, 0) is 36.4 Å². The summed E-state index contributed by atoms with van der Waals surface area (Å²) in [5.41, 5.74) is 5.71. The van der Waals surface area contributed by atoms with Crippen LogP contribution in [0.2, 0.25) is 0 Å². The van der Waals surface area contributed by atoms with Gasteiger partial charge in [-0.1, -0.05) is 42.5 Å². The first-order valence-electron chi connectivity index (χ1n) is 8.60. The number of para-hydroxylation sites is 1. The van der Waals surface area contributed by atoms with E-state index in [9.17, 15) is 4.39 Å². The topological polar surface area (TPSA) is 46.5 Å². The number of benzene rings is 3. The van der Waals surface area contributed by atoms with Crippen molar-refractivity contribution >= 4 is 22.7 Å². The maximum atomic E-state index is 13.1. The van der Waals surface area contributed by atoms with E-state index in [2.05, 4.69) is 15.5 Å². The summed E-state index contributed by atoms with van der Waals surface area (Å²) < 4.78 is 18.9. The molecule has 138 valence electrons. The van der Waals surface area contributed by atoms with Crippen molar-refractivity contribution in [1.82, 2.24) is 4.98 Å². The van der Waals surface area contributed by atoms with Crippen LogP contribution in [-0.2, 0) is 0 Å². The highest BCUT2D eigenvalue weighted by atomic mass is 32.1. The summed E-state index contributed by atoms with van der Waals surface area (Å²) in [6.45, 7) is 0. The maximum Gasteiger partial charge on any atom is 0.203 e. The van der Waals surface area contributed by atoms with E-state index < -0.39 is 0 Å². The molecule has 0 spiro atoms. The lowest BCUT2D eigenvalue weighted by atomic mass is 10.2. The molecule has 0 fully saturated rings. The average molecular weight is 389 g/mol. The minimum atomic E-state index is -0.301. The van der Waals surface area contributed by atoms with E-state index in [4.69, 9.17) is 4.74 Å². The van der Waals surface area contributed by atoms with Crippen molar-refractivity contribution in [2.24, 2.45) is 5.10 Å². The van der Waals surface area contributed by atoms with Crippen molar-refractivity contribution in [3.63, 3.8) is 0 Å². The first kappa shape index (κ1) is 17.9. The molecular weight excluding hydrogens is 373 g/mol. The molecule has 0 aliphatic rings. The fraction of sp³-hybridized carbons (Fsp3) is 0. The van der Waals surface area contributed by atoms with Gasteiger partial charge in [-0.25, -0.2) is 9.37 Å². The number of hydrazone groups is 1. The second-order valence-electron chi connectivity index (χ2n) is 5.87. The Labute approximate surface area is 166 Å². The third-order valence-electron chi connectivity index (χ3n) is 3.90. The Morgan fingerprint density at radius 2 is 1.68 bits per heavy atom. The molecule has 0 aliphatic carbocycles. The number of rotatable bonds is 6. The molecule has 0 aliphatic heterocycles. The van der Waals surface area contributed by atoms with Crippen LogP contribution in [0.5, 0.6) is 11.5 Å². The molecule has 1 aromatic heterocycles. The average Bonchev–Trinajstić information content (AvgIpc) is 3.21. The minimum Gasteiger partial charge on any atom is -0.457 e. The highest BCUT2D eigenvalue weighted by Gasteiger charge is 2.05. The lowest BCUT2D eigenvalue weighted by Crippen LogP contribution is -1.94. The van der Waals surface area contributed by atoms with Gasteiger partial charge in [-0.3, -0.25) is 5.43 Å². The molecule has 0 unspecified atom stereocenters. The fourth-order valence-corrected chi connectivity index (χ4v) is 3.20. The molecule has 1 N–H and O–H groups in total. The van der Waals surface area contributed by atoms with Crippen molar-refractivity contribution in [3.05, 3.63) is 95.6 Å². The van der Waals surface area contributed by atoms with E-state index in [-0.39, 0.29) is 5.82 Å². The smallest absolute Gasteiger partial charge is 0.203 e. The van der Waals surface area contributed by atoms with Gasteiger partial charge in [-0.2, -0.15) is 5.10 Å². The lowest BCUT2D eigenvalue weighted by Gasteiger charge is -2.08. The number of thiazole rings is 1. The quantitative estimate of drug-likeness (QED) is 0.316. The monoisotopic (exact) mass is 389 g/mol. The molecule has 4 nitrogen and oxygen atoms in total.